The number of quaternary nitrogens is 1. The smallest absolute Gasteiger partial charge is 0.450 e. The Hall–Kier alpha value is -3.04. The number of hydrogen-bond acceptors (Lipinski definition) is 5. The molecule has 6 nitrogen and oxygen atoms in total. The number of halogens is 3. The number of hydrogen-bond donors (Lipinski definition) is 2. The molecule has 2 aromatic carbocycles. The van der Waals surface area contributed by atoms with Crippen LogP contribution in [0.4, 0.5) is 13.2 Å². The minimum Gasteiger partial charge on any atom is -0.507 e. The minimum absolute atomic E-state index is 0.0148. The van der Waals surface area contributed by atoms with Crippen molar-refractivity contribution in [1.29, 1.82) is 0 Å². The summed E-state index contributed by atoms with van der Waals surface area (Å²) in [7, 11) is 1.32. The zero-order valence-corrected chi connectivity index (χ0v) is 18.5. The van der Waals surface area contributed by atoms with E-state index in [0.717, 1.165) is 4.90 Å². The Morgan fingerprint density at radius 3 is 2.42 bits per heavy atom. The fourth-order valence-electron chi connectivity index (χ4n) is 4.55. The summed E-state index contributed by atoms with van der Waals surface area (Å²) >= 11 is 0. The average Bonchev–Trinajstić information content (AvgIpc) is 2.74. The first-order valence-electron chi connectivity index (χ1n) is 10.6. The molecule has 0 aliphatic carbocycles. The van der Waals surface area contributed by atoms with Gasteiger partial charge in [0.2, 0.25) is 11.2 Å². The van der Waals surface area contributed by atoms with Crippen molar-refractivity contribution in [2.24, 2.45) is 0 Å². The molecule has 0 saturated carbocycles. The van der Waals surface area contributed by atoms with Crippen LogP contribution in [0.3, 0.4) is 0 Å². The summed E-state index contributed by atoms with van der Waals surface area (Å²) in [4.78, 5) is 14.4. The second kappa shape index (κ2) is 8.72. The van der Waals surface area contributed by atoms with Crippen molar-refractivity contribution in [1.82, 2.24) is 0 Å². The quantitative estimate of drug-likeness (QED) is 0.620. The molecule has 0 radical (unpaired) electrons. The third-order valence-corrected chi connectivity index (χ3v) is 5.82. The summed E-state index contributed by atoms with van der Waals surface area (Å²) in [6.07, 6.45) is -5.03. The van der Waals surface area contributed by atoms with E-state index in [1.807, 2.05) is 13.8 Å². The van der Waals surface area contributed by atoms with Gasteiger partial charge in [-0.15, -0.1) is 0 Å². The molecule has 1 aromatic heterocycles. The van der Waals surface area contributed by atoms with Crippen molar-refractivity contribution >= 4 is 11.0 Å². The molecule has 0 bridgehead atoms. The molecule has 3 aromatic rings. The van der Waals surface area contributed by atoms with Crippen LogP contribution in [0, 0.1) is 0 Å². The van der Waals surface area contributed by atoms with Crippen LogP contribution < -0.4 is 15.1 Å². The van der Waals surface area contributed by atoms with Crippen LogP contribution in [0.15, 0.2) is 45.6 Å². The zero-order chi connectivity index (χ0) is 23.9. The summed E-state index contributed by atoms with van der Waals surface area (Å²) in [5.41, 5.74) is -1.57. The fourth-order valence-corrected chi connectivity index (χ4v) is 4.55. The predicted octanol–water partition coefficient (Wildman–Crippen LogP) is 3.39. The second-order valence-corrected chi connectivity index (χ2v) is 8.37. The lowest BCUT2D eigenvalue weighted by molar-refractivity contribution is -0.928. The van der Waals surface area contributed by atoms with Crippen LogP contribution in [0.25, 0.3) is 22.1 Å². The Morgan fingerprint density at radius 1 is 1.12 bits per heavy atom. The molecule has 0 amide bonds. The number of para-hydroxylation sites is 1. The molecule has 176 valence electrons. The molecular weight excluding hydrogens is 439 g/mol. The van der Waals surface area contributed by atoms with Crippen LogP contribution in [0.2, 0.25) is 0 Å². The Kier molecular flexibility index (Phi) is 6.11. The number of phenolic OH excluding ortho intramolecular Hbond substituents is 1. The summed E-state index contributed by atoms with van der Waals surface area (Å²) in [5, 5.41) is 10.5. The highest BCUT2D eigenvalue weighted by atomic mass is 19.4. The maximum absolute atomic E-state index is 14.1. The molecule has 4 rings (SSSR count). The largest absolute Gasteiger partial charge is 0.507 e. The number of methoxy groups -OCH3 is 1. The van der Waals surface area contributed by atoms with E-state index in [2.05, 4.69) is 0 Å². The first kappa shape index (κ1) is 23.1. The van der Waals surface area contributed by atoms with Crippen molar-refractivity contribution in [3.63, 3.8) is 0 Å². The minimum atomic E-state index is -4.94. The first-order chi connectivity index (χ1) is 15.6. The molecule has 9 heteroatoms. The molecule has 1 fully saturated rings. The van der Waals surface area contributed by atoms with Crippen molar-refractivity contribution in [2.45, 2.75) is 38.8 Å². The lowest BCUT2D eigenvalue weighted by Crippen LogP contribution is -3.14. The molecule has 2 atom stereocenters. The van der Waals surface area contributed by atoms with Crippen LogP contribution in [-0.2, 0) is 17.5 Å². The van der Waals surface area contributed by atoms with E-state index in [1.54, 1.807) is 6.07 Å². The van der Waals surface area contributed by atoms with Gasteiger partial charge in [0.25, 0.3) is 0 Å². The lowest BCUT2D eigenvalue weighted by Gasteiger charge is -2.32. The van der Waals surface area contributed by atoms with E-state index < -0.39 is 22.9 Å². The second-order valence-electron chi connectivity index (χ2n) is 8.37. The number of rotatable bonds is 4. The van der Waals surface area contributed by atoms with Crippen LogP contribution in [-0.4, -0.2) is 37.5 Å². The summed E-state index contributed by atoms with van der Waals surface area (Å²) in [6.45, 7) is 5.24. The van der Waals surface area contributed by atoms with Gasteiger partial charge in [0.05, 0.1) is 23.6 Å². The van der Waals surface area contributed by atoms with Crippen LogP contribution in [0.5, 0.6) is 11.5 Å². The number of morpholine rings is 1. The maximum atomic E-state index is 14.1. The number of alkyl halides is 3. The van der Waals surface area contributed by atoms with Crippen molar-refractivity contribution in [3.8, 4) is 22.6 Å². The Balaban J connectivity index is 1.96. The number of phenols is 1. The summed E-state index contributed by atoms with van der Waals surface area (Å²) in [5.74, 6) is -1.52. The topological polar surface area (TPSA) is 73.3 Å². The molecule has 2 N–H and O–H groups in total. The number of aromatic hydroxyl groups is 1. The molecular formula is C24H25F3NO5+. The monoisotopic (exact) mass is 464 g/mol. The van der Waals surface area contributed by atoms with E-state index in [4.69, 9.17) is 13.9 Å². The molecule has 33 heavy (non-hydrogen) atoms. The van der Waals surface area contributed by atoms with Crippen LogP contribution >= 0.6 is 0 Å². The lowest BCUT2D eigenvalue weighted by atomic mass is 9.99. The van der Waals surface area contributed by atoms with Crippen molar-refractivity contribution in [2.75, 3.05) is 20.2 Å². The predicted molar refractivity (Wildman–Crippen MR) is 116 cm³/mol. The van der Waals surface area contributed by atoms with Gasteiger partial charge in [-0.25, -0.2) is 0 Å². The van der Waals surface area contributed by atoms with Gasteiger partial charge in [0.15, 0.2) is 5.58 Å². The maximum Gasteiger partial charge on any atom is 0.450 e. The highest BCUT2D eigenvalue weighted by Crippen LogP contribution is 2.41. The van der Waals surface area contributed by atoms with Crippen LogP contribution in [0.1, 0.15) is 25.2 Å². The number of ether oxygens (including phenoxy) is 2. The Bertz CT molecular complexity index is 1230. The fraction of sp³-hybridized carbons (Fsp3) is 0.375. The van der Waals surface area contributed by atoms with Gasteiger partial charge in [-0.3, -0.25) is 4.79 Å². The normalized spacial score (nSPS) is 21.3. The SMILES string of the molecule is COc1ccccc1-c1c(C(F)(F)F)oc2c(C[NH+]3C[C@H](C)O[C@@H](C)C3)c(O)ccc2c1=O. The van der Waals surface area contributed by atoms with Gasteiger partial charge in [0, 0.05) is 5.56 Å². The first-order valence-corrected chi connectivity index (χ1v) is 10.6. The van der Waals surface area contributed by atoms with Gasteiger partial charge in [-0.1, -0.05) is 18.2 Å². The number of nitrogens with one attached hydrogen (secondary N) is 1. The highest BCUT2D eigenvalue weighted by molar-refractivity contribution is 5.87. The summed E-state index contributed by atoms with van der Waals surface area (Å²) in [6, 6.07) is 8.59. The molecule has 1 aliphatic rings. The third kappa shape index (κ3) is 4.43. The van der Waals surface area contributed by atoms with Gasteiger partial charge in [0.1, 0.15) is 43.3 Å². The number of fused-ring (bicyclic) bond motifs is 1. The molecule has 1 aliphatic heterocycles. The van der Waals surface area contributed by atoms with E-state index in [-0.39, 0.29) is 52.3 Å². The number of benzene rings is 2. The van der Waals surface area contributed by atoms with Gasteiger partial charge in [-0.2, -0.15) is 13.2 Å². The third-order valence-electron chi connectivity index (χ3n) is 5.82. The van der Waals surface area contributed by atoms with Gasteiger partial charge < -0.3 is 23.9 Å². The van der Waals surface area contributed by atoms with Gasteiger partial charge >= 0.3 is 6.18 Å². The molecule has 2 heterocycles. The van der Waals surface area contributed by atoms with E-state index >= 15 is 0 Å². The van der Waals surface area contributed by atoms with Crippen molar-refractivity contribution < 1.29 is 37.1 Å². The van der Waals surface area contributed by atoms with Gasteiger partial charge in [-0.05, 0) is 32.0 Å². The molecule has 0 unspecified atom stereocenters. The van der Waals surface area contributed by atoms with E-state index in [1.165, 1.54) is 37.4 Å². The average molecular weight is 464 g/mol. The zero-order valence-electron chi connectivity index (χ0n) is 18.5. The Morgan fingerprint density at radius 2 is 1.79 bits per heavy atom. The standard InChI is InChI=1S/C24H24F3NO5/c1-13-10-28(11-14(2)32-13)12-17-18(29)9-8-16-21(30)20(15-6-4-5-7-19(15)31-3)23(24(25,26)27)33-22(16)17/h4-9,13-14,29H,10-12H2,1-3H3/p+1/t13-,14-/m0/s1. The highest BCUT2D eigenvalue weighted by Gasteiger charge is 2.40. The Labute approximate surface area is 188 Å². The van der Waals surface area contributed by atoms with Crippen molar-refractivity contribution in [3.05, 3.63) is 57.9 Å². The summed E-state index contributed by atoms with van der Waals surface area (Å²) < 4.78 is 58.7. The van der Waals surface area contributed by atoms with E-state index in [0.29, 0.717) is 13.1 Å². The van der Waals surface area contributed by atoms with E-state index in [9.17, 15) is 23.1 Å². The molecule has 0 spiro atoms. The molecule has 1 saturated heterocycles.